The fraction of sp³-hybridized carbons (Fsp3) is 0.667. The molecule has 0 aliphatic carbocycles. The number of hydrogen-bond acceptors (Lipinski definition) is 0. The molecule has 0 bridgehead atoms. The SMILES string of the molecule is C=C(CC[CH2+])CCCC. The maximum absolute atomic E-state index is 3.94. The second-order valence-corrected chi connectivity index (χ2v) is 2.46. The van der Waals surface area contributed by atoms with Crippen LogP contribution in [0.3, 0.4) is 0 Å². The van der Waals surface area contributed by atoms with Crippen LogP contribution in [-0.4, -0.2) is 0 Å². The van der Waals surface area contributed by atoms with Crippen LogP contribution in [0.25, 0.3) is 0 Å². The van der Waals surface area contributed by atoms with Gasteiger partial charge in [-0.1, -0.05) is 25.5 Å². The Hall–Kier alpha value is -0.390. The lowest BCUT2D eigenvalue weighted by molar-refractivity contribution is 0.756. The van der Waals surface area contributed by atoms with Gasteiger partial charge in [-0.3, -0.25) is 0 Å². The summed E-state index contributed by atoms with van der Waals surface area (Å²) in [6.45, 7) is 9.92. The van der Waals surface area contributed by atoms with Gasteiger partial charge >= 0.3 is 0 Å². The molecule has 0 aromatic carbocycles. The van der Waals surface area contributed by atoms with E-state index in [1.54, 1.807) is 0 Å². The van der Waals surface area contributed by atoms with Gasteiger partial charge in [0.25, 0.3) is 0 Å². The van der Waals surface area contributed by atoms with E-state index in [4.69, 9.17) is 0 Å². The van der Waals surface area contributed by atoms with Crippen molar-refractivity contribution in [3.8, 4) is 0 Å². The van der Waals surface area contributed by atoms with Crippen LogP contribution in [0, 0.1) is 6.92 Å². The predicted molar refractivity (Wildman–Crippen MR) is 43.3 cm³/mol. The summed E-state index contributed by atoms with van der Waals surface area (Å²) in [7, 11) is 0. The van der Waals surface area contributed by atoms with Crippen molar-refractivity contribution in [2.45, 2.75) is 39.0 Å². The zero-order valence-corrected chi connectivity index (χ0v) is 6.45. The van der Waals surface area contributed by atoms with Gasteiger partial charge in [0, 0.05) is 6.42 Å². The summed E-state index contributed by atoms with van der Waals surface area (Å²) in [5.41, 5.74) is 1.37. The molecule has 0 spiro atoms. The van der Waals surface area contributed by atoms with Crippen molar-refractivity contribution < 1.29 is 0 Å². The Balaban J connectivity index is 3.06. The van der Waals surface area contributed by atoms with Gasteiger partial charge in [-0.2, -0.15) is 0 Å². The summed E-state index contributed by atoms with van der Waals surface area (Å²) in [4.78, 5) is 0. The highest BCUT2D eigenvalue weighted by Crippen LogP contribution is 2.09. The van der Waals surface area contributed by atoms with Crippen molar-refractivity contribution in [3.63, 3.8) is 0 Å². The molecule has 9 heavy (non-hydrogen) atoms. The standard InChI is InChI=1S/C9H17/c1-4-6-8-9(3)7-5-2/h2-8H2,1H3/q+1. The Morgan fingerprint density at radius 3 is 2.56 bits per heavy atom. The summed E-state index contributed by atoms with van der Waals surface area (Å²) >= 11 is 0. The van der Waals surface area contributed by atoms with E-state index >= 15 is 0 Å². The first-order valence-corrected chi connectivity index (χ1v) is 3.77. The van der Waals surface area contributed by atoms with Gasteiger partial charge in [-0.05, 0) is 12.8 Å². The van der Waals surface area contributed by atoms with Crippen molar-refractivity contribution in [2.75, 3.05) is 0 Å². The van der Waals surface area contributed by atoms with Crippen LogP contribution in [-0.2, 0) is 0 Å². The highest BCUT2D eigenvalue weighted by molar-refractivity contribution is 4.93. The van der Waals surface area contributed by atoms with Gasteiger partial charge in [-0.25, -0.2) is 0 Å². The molecule has 0 aliphatic rings. The van der Waals surface area contributed by atoms with Gasteiger partial charge in [0.2, 0.25) is 0 Å². The highest BCUT2D eigenvalue weighted by atomic mass is 14.0. The van der Waals surface area contributed by atoms with E-state index in [0.29, 0.717) is 0 Å². The molecule has 0 amide bonds. The molecule has 0 aromatic rings. The summed E-state index contributed by atoms with van der Waals surface area (Å²) < 4.78 is 0. The molecule has 0 nitrogen and oxygen atoms in total. The maximum Gasteiger partial charge on any atom is 0.0887 e. The van der Waals surface area contributed by atoms with Crippen molar-refractivity contribution in [2.24, 2.45) is 0 Å². The molecule has 0 aliphatic heterocycles. The Labute approximate surface area is 59.0 Å². The first-order chi connectivity index (χ1) is 4.31. The summed E-state index contributed by atoms with van der Waals surface area (Å²) in [6.07, 6.45) is 5.88. The van der Waals surface area contributed by atoms with Gasteiger partial charge < -0.3 is 0 Å². The topological polar surface area (TPSA) is 0 Å². The van der Waals surface area contributed by atoms with Crippen LogP contribution in [0.15, 0.2) is 12.2 Å². The predicted octanol–water partition coefficient (Wildman–Crippen LogP) is 3.35. The lowest BCUT2D eigenvalue weighted by Gasteiger charge is -1.97. The average Bonchev–Trinajstić information content (AvgIpc) is 1.85. The molecule has 0 saturated carbocycles. The number of unbranched alkanes of at least 4 members (excludes halogenated alkanes) is 1. The molecule has 0 saturated heterocycles. The monoisotopic (exact) mass is 125 g/mol. The van der Waals surface area contributed by atoms with E-state index in [0.717, 1.165) is 12.8 Å². The minimum atomic E-state index is 1.00. The first-order valence-electron chi connectivity index (χ1n) is 3.77. The van der Waals surface area contributed by atoms with E-state index in [1.807, 2.05) is 0 Å². The average molecular weight is 125 g/mol. The Morgan fingerprint density at radius 1 is 1.44 bits per heavy atom. The molecule has 0 fully saturated rings. The largest absolute Gasteiger partial charge is 0.0997 e. The molecule has 0 atom stereocenters. The molecule has 0 N–H and O–H groups in total. The molecule has 52 valence electrons. The van der Waals surface area contributed by atoms with E-state index in [1.165, 1.54) is 24.8 Å². The number of allylic oxidation sites excluding steroid dienone is 1. The van der Waals surface area contributed by atoms with E-state index in [2.05, 4.69) is 20.4 Å². The normalized spacial score (nSPS) is 9.44. The van der Waals surface area contributed by atoms with E-state index < -0.39 is 0 Å². The summed E-state index contributed by atoms with van der Waals surface area (Å²) in [5, 5.41) is 0. The molecular formula is C9H17+. The third-order valence-corrected chi connectivity index (χ3v) is 1.41. The second kappa shape index (κ2) is 5.74. The molecule has 0 radical (unpaired) electrons. The zero-order valence-electron chi connectivity index (χ0n) is 6.45. The van der Waals surface area contributed by atoms with Crippen LogP contribution in [0.5, 0.6) is 0 Å². The molecule has 0 rings (SSSR count). The molecule has 0 unspecified atom stereocenters. The zero-order chi connectivity index (χ0) is 7.11. The molecule has 0 heterocycles. The van der Waals surface area contributed by atoms with Gasteiger partial charge in [-0.15, -0.1) is 0 Å². The Bertz CT molecular complexity index is 72.1. The minimum absolute atomic E-state index is 1.00. The Morgan fingerprint density at radius 2 is 2.11 bits per heavy atom. The van der Waals surface area contributed by atoms with Crippen LogP contribution in [0.1, 0.15) is 39.0 Å². The fourth-order valence-electron chi connectivity index (χ4n) is 0.802. The summed E-state index contributed by atoms with van der Waals surface area (Å²) in [6, 6.07) is 0. The smallest absolute Gasteiger partial charge is 0.0887 e. The van der Waals surface area contributed by atoms with Gasteiger partial charge in [0.05, 0.1) is 13.3 Å². The van der Waals surface area contributed by atoms with E-state index in [-0.39, 0.29) is 0 Å². The van der Waals surface area contributed by atoms with Crippen LogP contribution >= 0.6 is 0 Å². The van der Waals surface area contributed by atoms with Crippen LogP contribution in [0.4, 0.5) is 0 Å². The quantitative estimate of drug-likeness (QED) is 0.390. The molecule has 0 aromatic heterocycles. The van der Waals surface area contributed by atoms with Crippen molar-refractivity contribution >= 4 is 0 Å². The number of rotatable bonds is 5. The van der Waals surface area contributed by atoms with Crippen molar-refractivity contribution in [3.05, 3.63) is 19.1 Å². The lowest BCUT2D eigenvalue weighted by atomic mass is 10.1. The molecule has 0 heteroatoms. The van der Waals surface area contributed by atoms with E-state index in [9.17, 15) is 0 Å². The summed E-state index contributed by atoms with van der Waals surface area (Å²) in [5.74, 6) is 0. The third-order valence-electron chi connectivity index (χ3n) is 1.41. The maximum atomic E-state index is 3.94. The third kappa shape index (κ3) is 5.48. The fourth-order valence-corrected chi connectivity index (χ4v) is 0.802. The first kappa shape index (κ1) is 8.61. The van der Waals surface area contributed by atoms with Crippen LogP contribution in [0.2, 0.25) is 0 Å². The lowest BCUT2D eigenvalue weighted by Crippen LogP contribution is -1.80. The Kier molecular flexibility index (Phi) is 5.49. The van der Waals surface area contributed by atoms with Crippen LogP contribution < -0.4 is 0 Å². The van der Waals surface area contributed by atoms with Crippen molar-refractivity contribution in [1.82, 2.24) is 0 Å². The number of hydrogen-bond donors (Lipinski definition) is 0. The second-order valence-electron chi connectivity index (χ2n) is 2.46. The van der Waals surface area contributed by atoms with Crippen molar-refractivity contribution in [1.29, 1.82) is 0 Å². The molecular weight excluding hydrogens is 108 g/mol. The highest BCUT2D eigenvalue weighted by Gasteiger charge is 1.92. The van der Waals surface area contributed by atoms with Gasteiger partial charge in [0.1, 0.15) is 0 Å². The van der Waals surface area contributed by atoms with Gasteiger partial charge in [0.15, 0.2) is 0 Å². The minimum Gasteiger partial charge on any atom is -0.0997 e.